The van der Waals surface area contributed by atoms with Gasteiger partial charge < -0.3 is 16.8 Å². The smallest absolute Gasteiger partial charge is 0.261 e. The Bertz CT molecular complexity index is 423. The molecule has 1 aromatic heterocycles. The Hall–Kier alpha value is -1.11. The Labute approximate surface area is 123 Å². The number of halogens is 1. The molecule has 0 spiro atoms. The zero-order valence-electron chi connectivity index (χ0n) is 10.8. The van der Waals surface area contributed by atoms with Gasteiger partial charge >= 0.3 is 0 Å². The minimum Gasteiger partial charge on any atom is -0.366 e. The fourth-order valence-corrected chi connectivity index (χ4v) is 2.34. The first-order chi connectivity index (χ1) is 8.58. The highest BCUT2D eigenvalue weighted by atomic mass is 35.5. The molecule has 0 aliphatic carbocycles. The first kappa shape index (κ1) is 17.9. The van der Waals surface area contributed by atoms with Gasteiger partial charge in [-0.15, -0.1) is 23.7 Å². The van der Waals surface area contributed by atoms with Gasteiger partial charge in [0.1, 0.15) is 0 Å². The average molecular weight is 306 g/mol. The summed E-state index contributed by atoms with van der Waals surface area (Å²) in [5.41, 5.74) is 11.1. The number of hydrogen-bond acceptors (Lipinski definition) is 4. The third kappa shape index (κ3) is 5.59. The van der Waals surface area contributed by atoms with Gasteiger partial charge in [-0.3, -0.25) is 9.59 Å². The zero-order chi connectivity index (χ0) is 13.5. The first-order valence-corrected chi connectivity index (χ1v) is 6.85. The highest BCUT2D eigenvalue weighted by Gasteiger charge is 2.15. The minimum atomic E-state index is -0.522. The fourth-order valence-electron chi connectivity index (χ4n) is 1.54. The lowest BCUT2D eigenvalue weighted by Crippen LogP contribution is -2.39. The van der Waals surface area contributed by atoms with E-state index in [0.717, 1.165) is 19.3 Å². The van der Waals surface area contributed by atoms with Crippen molar-refractivity contribution in [2.45, 2.75) is 32.2 Å². The summed E-state index contributed by atoms with van der Waals surface area (Å²) in [7, 11) is 0. The molecule has 1 aromatic rings. The van der Waals surface area contributed by atoms with Crippen LogP contribution in [0.1, 0.15) is 46.2 Å². The molecule has 0 bridgehead atoms. The van der Waals surface area contributed by atoms with Crippen LogP contribution in [-0.4, -0.2) is 24.4 Å². The number of amides is 2. The maximum atomic E-state index is 11.9. The molecule has 0 saturated carbocycles. The number of carbonyl (C=O) groups excluding carboxylic acids is 2. The van der Waals surface area contributed by atoms with Crippen LogP contribution in [0.25, 0.3) is 0 Å². The molecule has 1 unspecified atom stereocenters. The van der Waals surface area contributed by atoms with Crippen LogP contribution in [0.3, 0.4) is 0 Å². The molecular weight excluding hydrogens is 286 g/mol. The Morgan fingerprint density at radius 3 is 2.63 bits per heavy atom. The van der Waals surface area contributed by atoms with Crippen LogP contribution in [0.4, 0.5) is 0 Å². The van der Waals surface area contributed by atoms with E-state index in [4.69, 9.17) is 11.5 Å². The van der Waals surface area contributed by atoms with E-state index in [0.29, 0.717) is 17.0 Å². The molecule has 19 heavy (non-hydrogen) atoms. The molecule has 1 atom stereocenters. The number of unbranched alkanes of at least 4 members (excludes halogenated alkanes) is 1. The standard InChI is InChI=1S/C12H19N3O2S.ClH/c1-2-3-4-9(6-13)15-12(17)10-5-8(7-18-10)11(14)16;/h5,7,9H,2-4,6,13H2,1H3,(H2,14,16)(H,15,17);1H. The molecule has 1 heterocycles. The van der Waals surface area contributed by atoms with E-state index >= 15 is 0 Å². The lowest BCUT2D eigenvalue weighted by Gasteiger charge is -2.15. The van der Waals surface area contributed by atoms with Crippen LogP contribution in [-0.2, 0) is 0 Å². The quantitative estimate of drug-likeness (QED) is 0.712. The predicted octanol–water partition coefficient (Wildman–Crippen LogP) is 1.52. The van der Waals surface area contributed by atoms with Crippen molar-refractivity contribution in [3.8, 4) is 0 Å². The number of carbonyl (C=O) groups is 2. The summed E-state index contributed by atoms with van der Waals surface area (Å²) in [6.45, 7) is 2.51. The molecule has 108 valence electrons. The van der Waals surface area contributed by atoms with E-state index in [1.54, 1.807) is 5.38 Å². The Balaban J connectivity index is 0.00000324. The molecule has 0 fully saturated rings. The SMILES string of the molecule is CCCCC(CN)NC(=O)c1cc(C(N)=O)cs1.Cl. The molecule has 0 aromatic carbocycles. The number of primary amides is 1. The summed E-state index contributed by atoms with van der Waals surface area (Å²) in [4.78, 5) is 23.3. The fraction of sp³-hybridized carbons (Fsp3) is 0.500. The highest BCUT2D eigenvalue weighted by molar-refractivity contribution is 7.12. The summed E-state index contributed by atoms with van der Waals surface area (Å²) in [6.07, 6.45) is 2.96. The number of rotatable bonds is 7. The largest absolute Gasteiger partial charge is 0.366 e. The Morgan fingerprint density at radius 2 is 2.16 bits per heavy atom. The second kappa shape index (κ2) is 8.90. The van der Waals surface area contributed by atoms with Crippen molar-refractivity contribution in [2.24, 2.45) is 11.5 Å². The van der Waals surface area contributed by atoms with E-state index < -0.39 is 5.91 Å². The number of nitrogens with two attached hydrogens (primary N) is 2. The van der Waals surface area contributed by atoms with Gasteiger partial charge in [-0.2, -0.15) is 0 Å². The second-order valence-electron chi connectivity index (χ2n) is 4.11. The van der Waals surface area contributed by atoms with Gasteiger partial charge in [-0.05, 0) is 12.5 Å². The van der Waals surface area contributed by atoms with Gasteiger partial charge in [-0.1, -0.05) is 19.8 Å². The van der Waals surface area contributed by atoms with Crippen LogP contribution < -0.4 is 16.8 Å². The van der Waals surface area contributed by atoms with Gasteiger partial charge in [0.05, 0.1) is 10.4 Å². The molecule has 0 aliphatic rings. The maximum Gasteiger partial charge on any atom is 0.261 e. The maximum absolute atomic E-state index is 11.9. The molecule has 0 saturated heterocycles. The minimum absolute atomic E-state index is 0. The topological polar surface area (TPSA) is 98.2 Å². The van der Waals surface area contributed by atoms with Crippen molar-refractivity contribution in [3.63, 3.8) is 0 Å². The molecule has 5 N–H and O–H groups in total. The first-order valence-electron chi connectivity index (χ1n) is 5.97. The van der Waals surface area contributed by atoms with Crippen molar-refractivity contribution < 1.29 is 9.59 Å². The lowest BCUT2D eigenvalue weighted by atomic mass is 10.1. The van der Waals surface area contributed by atoms with E-state index in [1.807, 2.05) is 0 Å². The van der Waals surface area contributed by atoms with Crippen LogP contribution in [0.15, 0.2) is 11.4 Å². The van der Waals surface area contributed by atoms with Crippen molar-refractivity contribution >= 4 is 35.6 Å². The molecule has 0 radical (unpaired) electrons. The number of hydrogen-bond donors (Lipinski definition) is 3. The van der Waals surface area contributed by atoms with Gasteiger partial charge in [0.15, 0.2) is 0 Å². The number of nitrogens with one attached hydrogen (secondary N) is 1. The van der Waals surface area contributed by atoms with E-state index in [9.17, 15) is 9.59 Å². The second-order valence-corrected chi connectivity index (χ2v) is 5.02. The Morgan fingerprint density at radius 1 is 1.47 bits per heavy atom. The van der Waals surface area contributed by atoms with Crippen LogP contribution in [0.5, 0.6) is 0 Å². The van der Waals surface area contributed by atoms with Crippen molar-refractivity contribution in [3.05, 3.63) is 21.9 Å². The van der Waals surface area contributed by atoms with E-state index in [1.165, 1.54) is 17.4 Å². The number of thiophene rings is 1. The summed E-state index contributed by atoms with van der Waals surface area (Å²) in [5.74, 6) is -0.717. The monoisotopic (exact) mass is 305 g/mol. The molecule has 7 heteroatoms. The summed E-state index contributed by atoms with van der Waals surface area (Å²) < 4.78 is 0. The van der Waals surface area contributed by atoms with Crippen molar-refractivity contribution in [2.75, 3.05) is 6.54 Å². The van der Waals surface area contributed by atoms with Gasteiger partial charge in [0.2, 0.25) is 5.91 Å². The van der Waals surface area contributed by atoms with Gasteiger partial charge in [0.25, 0.3) is 5.91 Å². The average Bonchev–Trinajstić information content (AvgIpc) is 2.83. The van der Waals surface area contributed by atoms with E-state index in [2.05, 4.69) is 12.2 Å². The third-order valence-corrected chi connectivity index (χ3v) is 3.56. The van der Waals surface area contributed by atoms with E-state index in [-0.39, 0.29) is 24.4 Å². The zero-order valence-corrected chi connectivity index (χ0v) is 12.5. The van der Waals surface area contributed by atoms with Crippen LogP contribution >= 0.6 is 23.7 Å². The third-order valence-electron chi connectivity index (χ3n) is 2.63. The summed E-state index contributed by atoms with van der Waals surface area (Å²) in [6, 6.07) is 1.49. The predicted molar refractivity (Wildman–Crippen MR) is 79.9 cm³/mol. The molecule has 1 rings (SSSR count). The summed E-state index contributed by atoms with van der Waals surface area (Å²) >= 11 is 1.21. The van der Waals surface area contributed by atoms with Crippen LogP contribution in [0, 0.1) is 0 Å². The Kier molecular flexibility index (Phi) is 8.38. The molecule has 5 nitrogen and oxygen atoms in total. The molecular formula is C12H20ClN3O2S. The molecule has 2 amide bonds. The van der Waals surface area contributed by atoms with Crippen LogP contribution in [0.2, 0.25) is 0 Å². The normalized spacial score (nSPS) is 11.5. The lowest BCUT2D eigenvalue weighted by molar-refractivity contribution is 0.0940. The summed E-state index contributed by atoms with van der Waals surface area (Å²) in [5, 5.41) is 4.45. The highest BCUT2D eigenvalue weighted by Crippen LogP contribution is 2.14. The van der Waals surface area contributed by atoms with Crippen molar-refractivity contribution in [1.82, 2.24) is 5.32 Å². The molecule has 0 aliphatic heterocycles. The van der Waals surface area contributed by atoms with Gasteiger partial charge in [0, 0.05) is 18.0 Å². The van der Waals surface area contributed by atoms with Gasteiger partial charge in [-0.25, -0.2) is 0 Å². The van der Waals surface area contributed by atoms with Crippen molar-refractivity contribution in [1.29, 1.82) is 0 Å².